The average molecular weight is 249 g/mol. The van der Waals surface area contributed by atoms with Crippen LogP contribution in [-0.4, -0.2) is 9.97 Å². The second-order valence-corrected chi connectivity index (χ2v) is 4.54. The third kappa shape index (κ3) is 3.17. The summed E-state index contributed by atoms with van der Waals surface area (Å²) in [6.07, 6.45) is 0. The summed E-state index contributed by atoms with van der Waals surface area (Å²) in [6, 6.07) is 8.38. The van der Waals surface area contributed by atoms with E-state index >= 15 is 0 Å². The second kappa shape index (κ2) is 5.14. The number of rotatable bonds is 3. The number of nitrogens with two attached hydrogens (primary N) is 1. The van der Waals surface area contributed by atoms with Crippen LogP contribution in [0.25, 0.3) is 0 Å². The number of halogens is 1. The van der Waals surface area contributed by atoms with Gasteiger partial charge in [-0.05, 0) is 18.6 Å². The molecule has 0 radical (unpaired) electrons. The largest absolute Gasteiger partial charge is 0.384 e. The molecule has 17 heavy (non-hydrogen) atoms. The Morgan fingerprint density at radius 2 is 2.06 bits per heavy atom. The van der Waals surface area contributed by atoms with Crippen LogP contribution in [0.5, 0.6) is 0 Å². The maximum absolute atomic E-state index is 13.4. The van der Waals surface area contributed by atoms with Crippen molar-refractivity contribution >= 4 is 17.6 Å². The molecule has 0 saturated heterocycles. The van der Waals surface area contributed by atoms with Crippen LogP contribution < -0.4 is 5.73 Å². The third-order valence-corrected chi connectivity index (χ3v) is 3.06. The molecule has 1 aromatic carbocycles. The Kier molecular flexibility index (Phi) is 3.58. The van der Waals surface area contributed by atoms with Crippen molar-refractivity contribution in [3.8, 4) is 0 Å². The van der Waals surface area contributed by atoms with Gasteiger partial charge in [-0.3, -0.25) is 0 Å². The molecule has 0 unspecified atom stereocenters. The van der Waals surface area contributed by atoms with Crippen molar-refractivity contribution in [2.75, 3.05) is 5.73 Å². The Morgan fingerprint density at radius 1 is 1.29 bits per heavy atom. The lowest BCUT2D eigenvalue weighted by atomic mass is 10.2. The van der Waals surface area contributed by atoms with Gasteiger partial charge in [-0.2, -0.15) is 0 Å². The zero-order valence-corrected chi connectivity index (χ0v) is 10.2. The average Bonchev–Trinajstić information content (AvgIpc) is 2.27. The molecule has 0 spiro atoms. The Bertz CT molecular complexity index is 511. The zero-order chi connectivity index (χ0) is 12.3. The summed E-state index contributed by atoms with van der Waals surface area (Å²) in [4.78, 5) is 8.31. The van der Waals surface area contributed by atoms with Gasteiger partial charge >= 0.3 is 0 Å². The van der Waals surface area contributed by atoms with Gasteiger partial charge in [-0.1, -0.05) is 30.0 Å². The molecule has 3 nitrogen and oxygen atoms in total. The molecule has 0 aliphatic carbocycles. The first-order valence-electron chi connectivity index (χ1n) is 5.12. The van der Waals surface area contributed by atoms with Crippen molar-refractivity contribution in [2.24, 2.45) is 0 Å². The number of aryl methyl sites for hydroxylation is 1. The van der Waals surface area contributed by atoms with Gasteiger partial charge < -0.3 is 5.73 Å². The molecular formula is C12H12FN3S. The number of anilines is 1. The topological polar surface area (TPSA) is 51.8 Å². The van der Waals surface area contributed by atoms with E-state index < -0.39 is 0 Å². The summed E-state index contributed by atoms with van der Waals surface area (Å²) in [5, 5.41) is 0.575. The van der Waals surface area contributed by atoms with Crippen LogP contribution in [0.2, 0.25) is 0 Å². The van der Waals surface area contributed by atoms with Crippen molar-refractivity contribution in [1.29, 1.82) is 0 Å². The minimum absolute atomic E-state index is 0.208. The molecule has 0 fully saturated rings. The van der Waals surface area contributed by atoms with E-state index in [0.717, 1.165) is 5.69 Å². The normalized spacial score (nSPS) is 10.5. The Balaban J connectivity index is 2.10. The number of hydrogen-bond donors (Lipinski definition) is 1. The fourth-order valence-corrected chi connectivity index (χ4v) is 2.28. The zero-order valence-electron chi connectivity index (χ0n) is 9.35. The lowest BCUT2D eigenvalue weighted by molar-refractivity contribution is 0.617. The van der Waals surface area contributed by atoms with E-state index in [-0.39, 0.29) is 5.82 Å². The Labute approximate surface area is 103 Å². The highest BCUT2D eigenvalue weighted by atomic mass is 32.2. The fraction of sp³-hybridized carbons (Fsp3) is 0.167. The maximum Gasteiger partial charge on any atom is 0.190 e. The summed E-state index contributed by atoms with van der Waals surface area (Å²) in [7, 11) is 0. The van der Waals surface area contributed by atoms with Crippen molar-refractivity contribution in [3.63, 3.8) is 0 Å². The number of nitrogen functional groups attached to an aromatic ring is 1. The molecule has 1 aromatic heterocycles. The lowest BCUT2D eigenvalue weighted by Gasteiger charge is -2.03. The van der Waals surface area contributed by atoms with Crippen molar-refractivity contribution in [1.82, 2.24) is 9.97 Å². The fourth-order valence-electron chi connectivity index (χ4n) is 1.39. The minimum Gasteiger partial charge on any atom is -0.384 e. The molecule has 2 N–H and O–H groups in total. The summed E-state index contributed by atoms with van der Waals surface area (Å²) < 4.78 is 13.4. The maximum atomic E-state index is 13.4. The van der Waals surface area contributed by atoms with E-state index in [1.807, 2.05) is 13.0 Å². The van der Waals surface area contributed by atoms with Crippen LogP contribution in [0, 0.1) is 12.7 Å². The van der Waals surface area contributed by atoms with Crippen LogP contribution in [0.1, 0.15) is 11.3 Å². The summed E-state index contributed by atoms with van der Waals surface area (Å²) >= 11 is 1.37. The van der Waals surface area contributed by atoms with Crippen LogP contribution in [0.15, 0.2) is 35.5 Å². The molecular weight excluding hydrogens is 237 g/mol. The standard InChI is InChI=1S/C12H12FN3S/c1-8-6-11(14)16-12(15-8)17-7-9-4-2-3-5-10(9)13/h2-6H,7H2,1H3,(H2,14,15,16). The Hall–Kier alpha value is -1.62. The number of hydrogen-bond acceptors (Lipinski definition) is 4. The van der Waals surface area contributed by atoms with Crippen molar-refractivity contribution in [2.45, 2.75) is 17.8 Å². The van der Waals surface area contributed by atoms with E-state index in [2.05, 4.69) is 9.97 Å². The first-order chi connectivity index (χ1) is 8.15. The first kappa shape index (κ1) is 11.9. The van der Waals surface area contributed by atoms with Gasteiger partial charge in [0.1, 0.15) is 11.6 Å². The molecule has 0 aliphatic heterocycles. The molecule has 0 aliphatic rings. The smallest absolute Gasteiger partial charge is 0.190 e. The number of benzene rings is 1. The van der Waals surface area contributed by atoms with Crippen molar-refractivity contribution < 1.29 is 4.39 Å². The molecule has 0 atom stereocenters. The highest BCUT2D eigenvalue weighted by molar-refractivity contribution is 7.98. The molecule has 88 valence electrons. The van der Waals surface area contributed by atoms with Crippen molar-refractivity contribution in [3.05, 3.63) is 47.4 Å². The van der Waals surface area contributed by atoms with Crippen LogP contribution in [-0.2, 0) is 5.75 Å². The number of nitrogens with zero attached hydrogens (tertiary/aromatic N) is 2. The summed E-state index contributed by atoms with van der Waals surface area (Å²) in [5.74, 6) is 0.726. The quantitative estimate of drug-likeness (QED) is 0.671. The van der Waals surface area contributed by atoms with E-state index in [9.17, 15) is 4.39 Å². The molecule has 5 heteroatoms. The van der Waals surface area contributed by atoms with Gasteiger partial charge in [0.05, 0.1) is 0 Å². The number of thioether (sulfide) groups is 1. The third-order valence-electron chi connectivity index (χ3n) is 2.17. The molecule has 0 bridgehead atoms. The van der Waals surface area contributed by atoms with Gasteiger partial charge in [-0.15, -0.1) is 0 Å². The van der Waals surface area contributed by atoms with Crippen LogP contribution in [0.4, 0.5) is 10.2 Å². The van der Waals surface area contributed by atoms with Crippen LogP contribution >= 0.6 is 11.8 Å². The van der Waals surface area contributed by atoms with E-state index in [1.54, 1.807) is 18.2 Å². The van der Waals surface area contributed by atoms with Gasteiger partial charge in [0.25, 0.3) is 0 Å². The molecule has 2 rings (SSSR count). The highest BCUT2D eigenvalue weighted by Gasteiger charge is 2.04. The molecule has 1 heterocycles. The molecule has 2 aromatic rings. The Morgan fingerprint density at radius 3 is 2.76 bits per heavy atom. The first-order valence-corrected chi connectivity index (χ1v) is 6.11. The second-order valence-electron chi connectivity index (χ2n) is 3.60. The van der Waals surface area contributed by atoms with Gasteiger partial charge in [0, 0.05) is 17.5 Å². The number of aromatic nitrogens is 2. The van der Waals surface area contributed by atoms with Crippen LogP contribution in [0.3, 0.4) is 0 Å². The predicted molar refractivity (Wildman–Crippen MR) is 67.1 cm³/mol. The summed E-state index contributed by atoms with van der Waals surface area (Å²) in [5.41, 5.74) is 7.07. The van der Waals surface area contributed by atoms with Gasteiger partial charge in [-0.25, -0.2) is 14.4 Å². The van der Waals surface area contributed by atoms with E-state index in [4.69, 9.17) is 5.73 Å². The molecule has 0 amide bonds. The monoisotopic (exact) mass is 249 g/mol. The highest BCUT2D eigenvalue weighted by Crippen LogP contribution is 2.21. The van der Waals surface area contributed by atoms with E-state index in [0.29, 0.717) is 22.3 Å². The van der Waals surface area contributed by atoms with E-state index in [1.165, 1.54) is 17.8 Å². The van der Waals surface area contributed by atoms with Gasteiger partial charge in [0.15, 0.2) is 5.16 Å². The minimum atomic E-state index is -0.208. The molecule has 0 saturated carbocycles. The predicted octanol–water partition coefficient (Wildman–Crippen LogP) is 2.80. The van der Waals surface area contributed by atoms with Gasteiger partial charge in [0.2, 0.25) is 0 Å². The SMILES string of the molecule is Cc1cc(N)nc(SCc2ccccc2F)n1. The summed E-state index contributed by atoms with van der Waals surface area (Å²) in [6.45, 7) is 1.85. The lowest BCUT2D eigenvalue weighted by Crippen LogP contribution is -1.97.